The number of rotatable bonds is 3. The Morgan fingerprint density at radius 2 is 1.77 bits per heavy atom. The molecule has 0 aromatic heterocycles. The summed E-state index contributed by atoms with van der Waals surface area (Å²) in [5.41, 5.74) is 7.52. The largest absolute Gasteiger partial charge is 0.328 e. The molecule has 122 valence electrons. The zero-order valence-electron chi connectivity index (χ0n) is 13.3. The van der Waals surface area contributed by atoms with E-state index in [4.69, 9.17) is 17.3 Å². The van der Waals surface area contributed by atoms with Gasteiger partial charge in [0.1, 0.15) is 5.82 Å². The van der Waals surface area contributed by atoms with E-state index in [0.29, 0.717) is 6.04 Å². The summed E-state index contributed by atoms with van der Waals surface area (Å²) in [7, 11) is 0. The minimum absolute atomic E-state index is 0.210. The average molecular weight is 324 g/mol. The van der Waals surface area contributed by atoms with Crippen molar-refractivity contribution in [1.29, 1.82) is 0 Å². The van der Waals surface area contributed by atoms with Crippen LogP contribution in [0.2, 0.25) is 5.02 Å². The Labute approximate surface area is 138 Å². The highest BCUT2D eigenvalue weighted by molar-refractivity contribution is 6.30. The van der Waals surface area contributed by atoms with Gasteiger partial charge in [-0.3, -0.25) is 0 Å². The van der Waals surface area contributed by atoms with E-state index in [1.54, 1.807) is 6.07 Å². The molecule has 0 amide bonds. The molecule has 0 aliphatic heterocycles. The van der Waals surface area contributed by atoms with Crippen molar-refractivity contribution in [2.45, 2.75) is 75.7 Å². The Balaban J connectivity index is 1.82. The van der Waals surface area contributed by atoms with E-state index in [0.717, 1.165) is 18.8 Å². The Hall–Kier alpha value is -0.600. The third-order valence-electron chi connectivity index (χ3n) is 5.91. The fourth-order valence-corrected chi connectivity index (χ4v) is 4.79. The van der Waals surface area contributed by atoms with Crippen molar-refractivity contribution >= 4 is 11.6 Å². The lowest BCUT2D eigenvalue weighted by molar-refractivity contribution is 0.196. The topological polar surface area (TPSA) is 26.0 Å². The number of hydrogen-bond acceptors (Lipinski definition) is 1. The molecule has 1 aromatic rings. The van der Waals surface area contributed by atoms with Crippen LogP contribution < -0.4 is 5.73 Å². The fourth-order valence-electron chi connectivity index (χ4n) is 4.61. The van der Waals surface area contributed by atoms with Crippen molar-refractivity contribution < 1.29 is 4.39 Å². The van der Waals surface area contributed by atoms with Crippen LogP contribution in [0.1, 0.15) is 69.8 Å². The van der Waals surface area contributed by atoms with E-state index in [-0.39, 0.29) is 16.3 Å². The van der Waals surface area contributed by atoms with E-state index in [2.05, 4.69) is 0 Å². The van der Waals surface area contributed by atoms with Gasteiger partial charge in [0.25, 0.3) is 0 Å². The molecule has 2 aliphatic carbocycles. The third-order valence-corrected chi connectivity index (χ3v) is 6.20. The van der Waals surface area contributed by atoms with Gasteiger partial charge >= 0.3 is 0 Å². The van der Waals surface area contributed by atoms with Gasteiger partial charge in [0, 0.05) is 6.04 Å². The van der Waals surface area contributed by atoms with Crippen molar-refractivity contribution in [2.75, 3.05) is 0 Å². The highest BCUT2D eigenvalue weighted by Gasteiger charge is 2.37. The first-order chi connectivity index (χ1) is 10.6. The molecule has 0 radical (unpaired) electrons. The molecule has 0 heterocycles. The van der Waals surface area contributed by atoms with Crippen LogP contribution in [0.25, 0.3) is 0 Å². The van der Waals surface area contributed by atoms with Gasteiger partial charge in [-0.25, -0.2) is 4.39 Å². The van der Waals surface area contributed by atoms with Crippen molar-refractivity contribution in [1.82, 2.24) is 0 Å². The van der Waals surface area contributed by atoms with Gasteiger partial charge in [0.15, 0.2) is 0 Å². The van der Waals surface area contributed by atoms with Crippen molar-refractivity contribution in [2.24, 2.45) is 11.7 Å². The molecule has 2 saturated carbocycles. The first kappa shape index (κ1) is 16.3. The summed E-state index contributed by atoms with van der Waals surface area (Å²) < 4.78 is 13.5. The molecule has 3 rings (SSSR count). The van der Waals surface area contributed by atoms with Crippen molar-refractivity contribution in [3.63, 3.8) is 0 Å². The summed E-state index contributed by atoms with van der Waals surface area (Å²) in [6.07, 6.45) is 12.4. The molecular weight excluding hydrogens is 297 g/mol. The zero-order valence-corrected chi connectivity index (χ0v) is 14.0. The van der Waals surface area contributed by atoms with Crippen LogP contribution in [0.5, 0.6) is 0 Å². The minimum Gasteiger partial charge on any atom is -0.328 e. The smallest absolute Gasteiger partial charge is 0.141 e. The Bertz CT molecular complexity index is 502. The maximum absolute atomic E-state index is 13.5. The molecule has 2 N–H and O–H groups in total. The van der Waals surface area contributed by atoms with E-state index in [1.807, 2.05) is 12.1 Å². The average Bonchev–Trinajstić information content (AvgIpc) is 2.53. The lowest BCUT2D eigenvalue weighted by Gasteiger charge is -2.42. The van der Waals surface area contributed by atoms with Crippen molar-refractivity contribution in [3.8, 4) is 0 Å². The van der Waals surface area contributed by atoms with Crippen LogP contribution in [0, 0.1) is 11.7 Å². The molecule has 3 heteroatoms. The van der Waals surface area contributed by atoms with Gasteiger partial charge in [0.2, 0.25) is 0 Å². The maximum atomic E-state index is 13.5. The van der Waals surface area contributed by atoms with Crippen LogP contribution >= 0.6 is 11.6 Å². The Kier molecular flexibility index (Phi) is 5.09. The lowest BCUT2D eigenvalue weighted by Crippen LogP contribution is -2.34. The van der Waals surface area contributed by atoms with Gasteiger partial charge in [-0.2, -0.15) is 0 Å². The van der Waals surface area contributed by atoms with Crippen LogP contribution in [-0.2, 0) is 5.41 Å². The molecule has 0 saturated heterocycles. The van der Waals surface area contributed by atoms with Crippen LogP contribution in [-0.4, -0.2) is 6.04 Å². The second-order valence-corrected chi connectivity index (χ2v) is 7.86. The summed E-state index contributed by atoms with van der Waals surface area (Å²) >= 11 is 6.07. The van der Waals surface area contributed by atoms with E-state index >= 15 is 0 Å². The molecule has 0 bridgehead atoms. The second-order valence-electron chi connectivity index (χ2n) is 7.45. The van der Waals surface area contributed by atoms with Crippen LogP contribution in [0.15, 0.2) is 18.2 Å². The highest BCUT2D eigenvalue weighted by Crippen LogP contribution is 2.47. The van der Waals surface area contributed by atoms with E-state index in [1.165, 1.54) is 56.9 Å². The molecule has 22 heavy (non-hydrogen) atoms. The first-order valence-electron chi connectivity index (χ1n) is 8.80. The highest BCUT2D eigenvalue weighted by atomic mass is 35.5. The molecule has 0 atom stereocenters. The van der Waals surface area contributed by atoms with Gasteiger partial charge in [-0.1, -0.05) is 36.9 Å². The molecule has 2 fully saturated rings. The summed E-state index contributed by atoms with van der Waals surface area (Å²) in [6, 6.07) is 5.81. The number of halogens is 2. The molecule has 0 unspecified atom stereocenters. The third kappa shape index (κ3) is 3.49. The molecule has 0 spiro atoms. The van der Waals surface area contributed by atoms with Gasteiger partial charge in [-0.15, -0.1) is 0 Å². The lowest BCUT2D eigenvalue weighted by atomic mass is 9.63. The minimum atomic E-state index is -0.306. The molecule has 1 aromatic carbocycles. The van der Waals surface area contributed by atoms with Crippen molar-refractivity contribution in [3.05, 3.63) is 34.6 Å². The zero-order chi connectivity index (χ0) is 15.6. The SMILES string of the molecule is NC1CCC(CC2(c3ccc(F)c(Cl)c3)CCCCC2)CC1. The number of benzene rings is 1. The number of nitrogens with two attached hydrogens (primary N) is 1. The van der Waals surface area contributed by atoms with Gasteiger partial charge in [-0.05, 0) is 74.0 Å². The number of hydrogen-bond donors (Lipinski definition) is 1. The van der Waals surface area contributed by atoms with Crippen LogP contribution in [0.3, 0.4) is 0 Å². The predicted octanol–water partition coefficient (Wildman–Crippen LogP) is 5.59. The molecule has 1 nitrogen and oxygen atoms in total. The Morgan fingerprint density at radius 3 is 2.41 bits per heavy atom. The summed E-state index contributed by atoms with van der Waals surface area (Å²) in [5, 5.41) is 0.271. The second kappa shape index (κ2) is 6.88. The van der Waals surface area contributed by atoms with Gasteiger partial charge in [0.05, 0.1) is 5.02 Å². The normalized spacial score (nSPS) is 28.5. The van der Waals surface area contributed by atoms with E-state index < -0.39 is 0 Å². The summed E-state index contributed by atoms with van der Waals surface area (Å²) in [4.78, 5) is 0. The molecular formula is C19H27ClFN. The predicted molar refractivity (Wildman–Crippen MR) is 90.7 cm³/mol. The quantitative estimate of drug-likeness (QED) is 0.771. The first-order valence-corrected chi connectivity index (χ1v) is 9.18. The van der Waals surface area contributed by atoms with Crippen LogP contribution in [0.4, 0.5) is 4.39 Å². The molecule has 2 aliphatic rings. The fraction of sp³-hybridized carbons (Fsp3) is 0.684. The van der Waals surface area contributed by atoms with E-state index in [9.17, 15) is 4.39 Å². The maximum Gasteiger partial charge on any atom is 0.141 e. The monoisotopic (exact) mass is 323 g/mol. The Morgan fingerprint density at radius 1 is 1.09 bits per heavy atom. The van der Waals surface area contributed by atoms with Gasteiger partial charge < -0.3 is 5.73 Å². The summed E-state index contributed by atoms with van der Waals surface area (Å²) in [6.45, 7) is 0. The standard InChI is InChI=1S/C19H27ClFN/c20-17-12-15(6-9-18(17)21)19(10-2-1-3-11-19)13-14-4-7-16(22)8-5-14/h6,9,12,14,16H,1-5,7-8,10-11,13,22H2. The summed E-state index contributed by atoms with van der Waals surface area (Å²) in [5.74, 6) is 0.460.